The van der Waals surface area contributed by atoms with E-state index in [0.29, 0.717) is 27.2 Å². The van der Waals surface area contributed by atoms with Gasteiger partial charge in [0.1, 0.15) is 11.5 Å². The Balaban J connectivity index is 1.98. The van der Waals surface area contributed by atoms with Crippen molar-refractivity contribution in [1.82, 2.24) is 0 Å². The van der Waals surface area contributed by atoms with Crippen molar-refractivity contribution in [2.45, 2.75) is 6.92 Å². The minimum Gasteiger partial charge on any atom is -0.497 e. The fourth-order valence-electron chi connectivity index (χ4n) is 1.91. The van der Waals surface area contributed by atoms with Gasteiger partial charge in [0.25, 0.3) is 5.91 Å². The number of nitrogens with one attached hydrogen (secondary N) is 1. The summed E-state index contributed by atoms with van der Waals surface area (Å²) < 4.78 is 10.6. The summed E-state index contributed by atoms with van der Waals surface area (Å²) in [5.74, 6) is 0.820. The first-order valence-electron chi connectivity index (χ1n) is 6.52. The van der Waals surface area contributed by atoms with E-state index in [9.17, 15) is 4.79 Å². The second-order valence-electron chi connectivity index (χ2n) is 4.60. The van der Waals surface area contributed by atoms with Gasteiger partial charge in [0, 0.05) is 16.8 Å². The third-order valence-electron chi connectivity index (χ3n) is 2.90. The number of rotatable bonds is 5. The standard InChI is InChI=1S/C16H15Cl2NO3/c1-10-6-11(17)7-14(18)16(10)22-9-15(20)19-12-4-3-5-13(8-12)21-2/h3-8H,9H2,1-2H3,(H,19,20). The van der Waals surface area contributed by atoms with Gasteiger partial charge in [0.2, 0.25) is 0 Å². The summed E-state index contributed by atoms with van der Waals surface area (Å²) in [5.41, 5.74) is 1.40. The summed E-state index contributed by atoms with van der Waals surface area (Å²) in [6.07, 6.45) is 0. The Bertz CT molecular complexity index is 666. The van der Waals surface area contributed by atoms with Crippen LogP contribution in [0.15, 0.2) is 36.4 Å². The van der Waals surface area contributed by atoms with Crippen molar-refractivity contribution in [3.05, 3.63) is 52.0 Å². The van der Waals surface area contributed by atoms with E-state index in [1.54, 1.807) is 43.5 Å². The minimum absolute atomic E-state index is 0.153. The Labute approximate surface area is 138 Å². The number of amides is 1. The molecule has 0 atom stereocenters. The zero-order valence-electron chi connectivity index (χ0n) is 12.2. The molecular weight excluding hydrogens is 325 g/mol. The quantitative estimate of drug-likeness (QED) is 0.881. The van der Waals surface area contributed by atoms with Crippen LogP contribution in [0.2, 0.25) is 10.0 Å². The van der Waals surface area contributed by atoms with Gasteiger partial charge in [-0.15, -0.1) is 0 Å². The number of halogens is 2. The Morgan fingerprint density at radius 2 is 2.00 bits per heavy atom. The molecule has 0 heterocycles. The summed E-state index contributed by atoms with van der Waals surface area (Å²) in [6.45, 7) is 1.66. The number of methoxy groups -OCH3 is 1. The predicted octanol–water partition coefficient (Wildman–Crippen LogP) is 4.33. The van der Waals surface area contributed by atoms with E-state index < -0.39 is 0 Å². The van der Waals surface area contributed by atoms with Crippen LogP contribution < -0.4 is 14.8 Å². The van der Waals surface area contributed by atoms with Crippen LogP contribution in [0.4, 0.5) is 5.69 Å². The van der Waals surface area contributed by atoms with Crippen LogP contribution >= 0.6 is 23.2 Å². The molecule has 0 spiro atoms. The molecule has 1 N–H and O–H groups in total. The predicted molar refractivity (Wildman–Crippen MR) is 88.3 cm³/mol. The fraction of sp³-hybridized carbons (Fsp3) is 0.188. The zero-order valence-corrected chi connectivity index (χ0v) is 13.7. The highest BCUT2D eigenvalue weighted by Gasteiger charge is 2.10. The maximum absolute atomic E-state index is 11.9. The zero-order chi connectivity index (χ0) is 16.1. The monoisotopic (exact) mass is 339 g/mol. The first kappa shape index (κ1) is 16.5. The molecule has 0 radical (unpaired) electrons. The molecule has 0 bridgehead atoms. The van der Waals surface area contributed by atoms with E-state index in [0.717, 1.165) is 5.56 Å². The van der Waals surface area contributed by atoms with Gasteiger partial charge in [-0.1, -0.05) is 29.3 Å². The molecule has 2 aromatic carbocycles. The van der Waals surface area contributed by atoms with E-state index in [-0.39, 0.29) is 12.5 Å². The molecule has 0 unspecified atom stereocenters. The van der Waals surface area contributed by atoms with Crippen molar-refractivity contribution in [3.8, 4) is 11.5 Å². The smallest absolute Gasteiger partial charge is 0.262 e. The minimum atomic E-state index is -0.293. The van der Waals surface area contributed by atoms with Crippen LogP contribution in [0, 0.1) is 6.92 Å². The fourth-order valence-corrected chi connectivity index (χ4v) is 2.56. The maximum atomic E-state index is 11.9. The molecule has 22 heavy (non-hydrogen) atoms. The lowest BCUT2D eigenvalue weighted by Gasteiger charge is -2.12. The van der Waals surface area contributed by atoms with Gasteiger partial charge in [0.15, 0.2) is 6.61 Å². The second-order valence-corrected chi connectivity index (χ2v) is 5.45. The van der Waals surface area contributed by atoms with Gasteiger partial charge in [-0.25, -0.2) is 0 Å². The van der Waals surface area contributed by atoms with E-state index >= 15 is 0 Å². The second kappa shape index (κ2) is 7.38. The van der Waals surface area contributed by atoms with E-state index in [1.165, 1.54) is 0 Å². The van der Waals surface area contributed by atoms with E-state index in [4.69, 9.17) is 32.7 Å². The average Bonchev–Trinajstić information content (AvgIpc) is 2.46. The highest BCUT2D eigenvalue weighted by atomic mass is 35.5. The molecule has 0 aliphatic heterocycles. The number of carbonyl (C=O) groups excluding carboxylic acids is 1. The van der Waals surface area contributed by atoms with Crippen molar-refractivity contribution < 1.29 is 14.3 Å². The van der Waals surface area contributed by atoms with E-state index in [1.807, 2.05) is 6.92 Å². The van der Waals surface area contributed by atoms with Crippen molar-refractivity contribution in [3.63, 3.8) is 0 Å². The highest BCUT2D eigenvalue weighted by Crippen LogP contribution is 2.31. The normalized spacial score (nSPS) is 10.2. The van der Waals surface area contributed by atoms with E-state index in [2.05, 4.69) is 5.32 Å². The number of benzene rings is 2. The average molecular weight is 340 g/mol. The molecule has 2 aromatic rings. The molecule has 0 saturated carbocycles. The van der Waals surface area contributed by atoms with Gasteiger partial charge >= 0.3 is 0 Å². The van der Waals surface area contributed by atoms with Gasteiger partial charge in [-0.2, -0.15) is 0 Å². The van der Waals surface area contributed by atoms with Crippen molar-refractivity contribution in [2.24, 2.45) is 0 Å². The van der Waals surface area contributed by atoms with Crippen LogP contribution in [0.5, 0.6) is 11.5 Å². The molecule has 116 valence electrons. The van der Waals surface area contributed by atoms with Crippen molar-refractivity contribution in [2.75, 3.05) is 19.0 Å². The summed E-state index contributed by atoms with van der Waals surface area (Å²) in [7, 11) is 1.56. The van der Waals surface area contributed by atoms with Gasteiger partial charge in [0.05, 0.1) is 12.1 Å². The Morgan fingerprint density at radius 3 is 2.68 bits per heavy atom. The maximum Gasteiger partial charge on any atom is 0.262 e. The summed E-state index contributed by atoms with van der Waals surface area (Å²) in [5, 5.41) is 3.62. The molecule has 0 fully saturated rings. The lowest BCUT2D eigenvalue weighted by Crippen LogP contribution is -2.20. The van der Waals surface area contributed by atoms with Crippen molar-refractivity contribution in [1.29, 1.82) is 0 Å². The summed E-state index contributed by atoms with van der Waals surface area (Å²) in [6, 6.07) is 10.4. The van der Waals surface area contributed by atoms with Crippen LogP contribution in [-0.2, 0) is 4.79 Å². The molecule has 0 saturated heterocycles. The molecule has 6 heteroatoms. The first-order valence-corrected chi connectivity index (χ1v) is 7.27. The number of ether oxygens (including phenoxy) is 2. The van der Waals surface area contributed by atoms with Crippen LogP contribution in [-0.4, -0.2) is 19.6 Å². The molecule has 2 rings (SSSR count). The Hall–Kier alpha value is -1.91. The van der Waals surface area contributed by atoms with Crippen LogP contribution in [0.25, 0.3) is 0 Å². The lowest BCUT2D eigenvalue weighted by atomic mass is 10.2. The largest absolute Gasteiger partial charge is 0.497 e. The Morgan fingerprint density at radius 1 is 1.23 bits per heavy atom. The SMILES string of the molecule is COc1cccc(NC(=O)COc2c(C)cc(Cl)cc2Cl)c1. The molecule has 0 aromatic heterocycles. The lowest BCUT2D eigenvalue weighted by molar-refractivity contribution is -0.118. The summed E-state index contributed by atoms with van der Waals surface area (Å²) >= 11 is 12.0. The number of hydrogen-bond donors (Lipinski definition) is 1. The van der Waals surface area contributed by atoms with Gasteiger partial charge < -0.3 is 14.8 Å². The molecule has 1 amide bonds. The Kier molecular flexibility index (Phi) is 5.52. The molecular formula is C16H15Cl2NO3. The number of anilines is 1. The topological polar surface area (TPSA) is 47.6 Å². The van der Waals surface area contributed by atoms with Crippen LogP contribution in [0.3, 0.4) is 0 Å². The van der Waals surface area contributed by atoms with Gasteiger partial charge in [-0.3, -0.25) is 4.79 Å². The van der Waals surface area contributed by atoms with Crippen molar-refractivity contribution >= 4 is 34.8 Å². The van der Waals surface area contributed by atoms with Crippen LogP contribution in [0.1, 0.15) is 5.56 Å². The number of aryl methyl sites for hydroxylation is 1. The molecule has 0 aliphatic carbocycles. The third kappa shape index (κ3) is 4.29. The third-order valence-corrected chi connectivity index (χ3v) is 3.39. The molecule has 4 nitrogen and oxygen atoms in total. The first-order chi connectivity index (χ1) is 10.5. The number of hydrogen-bond acceptors (Lipinski definition) is 3. The van der Waals surface area contributed by atoms with Gasteiger partial charge in [-0.05, 0) is 36.8 Å². The highest BCUT2D eigenvalue weighted by molar-refractivity contribution is 6.35. The number of carbonyl (C=O) groups is 1. The summed E-state index contributed by atoms with van der Waals surface area (Å²) in [4.78, 5) is 11.9. The molecule has 0 aliphatic rings.